The highest BCUT2D eigenvalue weighted by molar-refractivity contribution is 6.32. The third kappa shape index (κ3) is 5.22. The molecule has 0 saturated heterocycles. The Labute approximate surface area is 151 Å². The van der Waals surface area contributed by atoms with E-state index >= 15 is 0 Å². The summed E-state index contributed by atoms with van der Waals surface area (Å²) in [4.78, 5) is 23.6. The number of hydrogen-bond acceptors (Lipinski definition) is 4. The molecule has 0 aliphatic carbocycles. The van der Waals surface area contributed by atoms with E-state index in [-0.39, 0.29) is 13.1 Å². The van der Waals surface area contributed by atoms with E-state index in [2.05, 4.69) is 10.4 Å². The lowest BCUT2D eigenvalue weighted by Crippen LogP contribution is -2.39. The van der Waals surface area contributed by atoms with Crippen LogP contribution in [0.25, 0.3) is 0 Å². The topological polar surface area (TPSA) is 73.2 Å². The molecule has 1 aromatic heterocycles. The molecule has 0 radical (unpaired) electrons. The number of amides is 1. The minimum atomic E-state index is -4.66. The minimum absolute atomic E-state index is 0.0940. The molecule has 1 amide bonds. The summed E-state index contributed by atoms with van der Waals surface area (Å²) in [6.07, 6.45) is -5.54. The van der Waals surface area contributed by atoms with Gasteiger partial charge in [-0.25, -0.2) is 4.68 Å². The zero-order chi connectivity index (χ0) is 19.3. The third-order valence-electron chi connectivity index (χ3n) is 3.29. The average molecular weight is 390 g/mol. The SMILES string of the molecule is CC(Oc1ccccc1Cl)C(=O)NCCn1nc(C(F)(F)F)ccc1=O. The van der Waals surface area contributed by atoms with Gasteiger partial charge in [0.1, 0.15) is 5.75 Å². The molecule has 0 bridgehead atoms. The Morgan fingerprint density at radius 3 is 2.65 bits per heavy atom. The molecule has 6 nitrogen and oxygen atoms in total. The molecule has 2 rings (SSSR count). The lowest BCUT2D eigenvalue weighted by Gasteiger charge is -2.16. The van der Waals surface area contributed by atoms with Crippen molar-refractivity contribution < 1.29 is 22.7 Å². The van der Waals surface area contributed by atoms with Gasteiger partial charge in [0.05, 0.1) is 11.6 Å². The molecule has 0 aliphatic rings. The number of nitrogens with zero attached hydrogens (tertiary/aromatic N) is 2. The molecule has 1 N–H and O–H groups in total. The Balaban J connectivity index is 1.92. The van der Waals surface area contributed by atoms with Crippen LogP contribution in [-0.4, -0.2) is 28.3 Å². The number of carbonyl (C=O) groups is 1. The van der Waals surface area contributed by atoms with Crippen LogP contribution in [0.5, 0.6) is 5.75 Å². The van der Waals surface area contributed by atoms with E-state index < -0.39 is 29.4 Å². The molecular formula is C16H15ClF3N3O3. The van der Waals surface area contributed by atoms with Gasteiger partial charge in [0, 0.05) is 12.6 Å². The van der Waals surface area contributed by atoms with Gasteiger partial charge >= 0.3 is 6.18 Å². The Morgan fingerprint density at radius 1 is 1.31 bits per heavy atom. The molecule has 1 atom stereocenters. The number of hydrogen-bond donors (Lipinski definition) is 1. The highest BCUT2D eigenvalue weighted by atomic mass is 35.5. The summed E-state index contributed by atoms with van der Waals surface area (Å²) < 4.78 is 43.9. The number of nitrogens with one attached hydrogen (secondary N) is 1. The molecule has 0 spiro atoms. The number of aromatic nitrogens is 2. The maximum Gasteiger partial charge on any atom is 0.435 e. The third-order valence-corrected chi connectivity index (χ3v) is 3.60. The molecule has 26 heavy (non-hydrogen) atoms. The van der Waals surface area contributed by atoms with Crippen LogP contribution >= 0.6 is 11.6 Å². The Hall–Kier alpha value is -2.55. The second-order valence-electron chi connectivity index (χ2n) is 5.26. The summed E-state index contributed by atoms with van der Waals surface area (Å²) in [5.74, 6) is -0.183. The van der Waals surface area contributed by atoms with Crippen molar-refractivity contribution in [1.82, 2.24) is 15.1 Å². The van der Waals surface area contributed by atoms with Crippen LogP contribution in [0.1, 0.15) is 12.6 Å². The summed E-state index contributed by atoms with van der Waals surface area (Å²) in [5, 5.41) is 6.05. The van der Waals surface area contributed by atoms with Gasteiger partial charge in [-0.2, -0.15) is 18.3 Å². The fourth-order valence-corrected chi connectivity index (χ4v) is 2.15. The first-order chi connectivity index (χ1) is 12.2. The van der Waals surface area contributed by atoms with Crippen molar-refractivity contribution in [2.24, 2.45) is 0 Å². The lowest BCUT2D eigenvalue weighted by molar-refractivity contribution is -0.142. The van der Waals surface area contributed by atoms with Gasteiger partial charge < -0.3 is 10.1 Å². The summed E-state index contributed by atoms with van der Waals surface area (Å²) >= 11 is 5.93. The molecule has 2 aromatic rings. The zero-order valence-corrected chi connectivity index (χ0v) is 14.3. The van der Waals surface area contributed by atoms with Gasteiger partial charge in [-0.15, -0.1) is 0 Å². The molecule has 140 valence electrons. The number of rotatable bonds is 6. The highest BCUT2D eigenvalue weighted by Gasteiger charge is 2.33. The Morgan fingerprint density at radius 2 is 2.00 bits per heavy atom. The van der Waals surface area contributed by atoms with Crippen LogP contribution < -0.4 is 15.6 Å². The van der Waals surface area contributed by atoms with E-state index in [1.807, 2.05) is 0 Å². The molecule has 10 heteroatoms. The smallest absolute Gasteiger partial charge is 0.435 e. The van der Waals surface area contributed by atoms with Gasteiger partial charge in [0.15, 0.2) is 11.8 Å². The zero-order valence-electron chi connectivity index (χ0n) is 13.6. The molecule has 1 unspecified atom stereocenters. The van der Waals surface area contributed by atoms with Crippen molar-refractivity contribution in [2.75, 3.05) is 6.54 Å². The molecule has 0 fully saturated rings. The van der Waals surface area contributed by atoms with Crippen molar-refractivity contribution in [2.45, 2.75) is 25.7 Å². The quantitative estimate of drug-likeness (QED) is 0.824. The van der Waals surface area contributed by atoms with Gasteiger partial charge in [-0.05, 0) is 25.1 Å². The molecule has 0 aliphatic heterocycles. The van der Waals surface area contributed by atoms with Gasteiger partial charge in [0.2, 0.25) is 0 Å². The van der Waals surface area contributed by atoms with Crippen LogP contribution in [0, 0.1) is 0 Å². The fourth-order valence-electron chi connectivity index (χ4n) is 1.97. The first-order valence-electron chi connectivity index (χ1n) is 7.53. The standard InChI is InChI=1S/C16H15ClF3N3O3/c1-10(26-12-5-3-2-4-11(12)17)15(25)21-8-9-23-14(24)7-6-13(22-23)16(18,19)20/h2-7,10H,8-9H2,1H3,(H,21,25). The number of alkyl halides is 3. The predicted octanol–water partition coefficient (Wildman–Crippen LogP) is 2.50. The van der Waals surface area contributed by atoms with Crippen LogP contribution in [0.4, 0.5) is 13.2 Å². The van der Waals surface area contributed by atoms with Crippen LogP contribution in [0.3, 0.4) is 0 Å². The van der Waals surface area contributed by atoms with E-state index in [1.165, 1.54) is 6.92 Å². The van der Waals surface area contributed by atoms with Crippen molar-refractivity contribution in [3.8, 4) is 5.75 Å². The van der Waals surface area contributed by atoms with Crippen LogP contribution in [0.15, 0.2) is 41.2 Å². The number of para-hydroxylation sites is 1. The summed E-state index contributed by atoms with van der Waals surface area (Å²) in [6.45, 7) is 1.18. The number of ether oxygens (including phenoxy) is 1. The van der Waals surface area contributed by atoms with Crippen LogP contribution in [0.2, 0.25) is 5.02 Å². The largest absolute Gasteiger partial charge is 0.479 e. The number of benzene rings is 1. The lowest BCUT2D eigenvalue weighted by atomic mass is 10.3. The fraction of sp³-hybridized carbons (Fsp3) is 0.312. The van der Waals surface area contributed by atoms with Crippen molar-refractivity contribution in [3.05, 3.63) is 57.5 Å². The summed E-state index contributed by atoms with van der Waals surface area (Å²) in [5.41, 5.74) is -1.88. The van der Waals surface area contributed by atoms with E-state index in [0.29, 0.717) is 21.5 Å². The second kappa shape index (κ2) is 8.22. The Kier molecular flexibility index (Phi) is 6.25. The van der Waals surface area contributed by atoms with E-state index in [0.717, 1.165) is 6.07 Å². The van der Waals surface area contributed by atoms with Crippen molar-refractivity contribution >= 4 is 17.5 Å². The predicted molar refractivity (Wildman–Crippen MR) is 88.1 cm³/mol. The summed E-state index contributed by atoms with van der Waals surface area (Å²) in [7, 11) is 0. The monoisotopic (exact) mass is 389 g/mol. The second-order valence-corrected chi connectivity index (χ2v) is 5.67. The minimum Gasteiger partial charge on any atom is -0.479 e. The van der Waals surface area contributed by atoms with E-state index in [1.54, 1.807) is 24.3 Å². The first-order valence-corrected chi connectivity index (χ1v) is 7.90. The highest BCUT2D eigenvalue weighted by Crippen LogP contribution is 2.26. The van der Waals surface area contributed by atoms with Crippen molar-refractivity contribution in [1.29, 1.82) is 0 Å². The average Bonchev–Trinajstić information content (AvgIpc) is 2.57. The van der Waals surface area contributed by atoms with E-state index in [4.69, 9.17) is 16.3 Å². The van der Waals surface area contributed by atoms with Gasteiger partial charge in [-0.3, -0.25) is 9.59 Å². The first kappa shape index (κ1) is 19.8. The molecular weight excluding hydrogens is 375 g/mol. The molecule has 1 heterocycles. The van der Waals surface area contributed by atoms with Gasteiger partial charge in [0.25, 0.3) is 11.5 Å². The van der Waals surface area contributed by atoms with Crippen molar-refractivity contribution in [3.63, 3.8) is 0 Å². The summed E-state index contributed by atoms with van der Waals surface area (Å²) in [6, 6.07) is 7.99. The molecule has 0 saturated carbocycles. The van der Waals surface area contributed by atoms with Gasteiger partial charge in [-0.1, -0.05) is 23.7 Å². The van der Waals surface area contributed by atoms with Crippen LogP contribution in [-0.2, 0) is 17.5 Å². The Bertz CT molecular complexity index is 839. The maximum atomic E-state index is 12.6. The number of carbonyl (C=O) groups excluding carboxylic acids is 1. The van der Waals surface area contributed by atoms with E-state index in [9.17, 15) is 22.8 Å². The molecule has 1 aromatic carbocycles. The maximum absolute atomic E-state index is 12.6. The number of halogens is 4. The normalized spacial score (nSPS) is 12.5.